The first-order chi connectivity index (χ1) is 13.5. The number of methoxy groups -OCH3 is 1. The lowest BCUT2D eigenvalue weighted by atomic mass is 10.2. The van der Waals surface area contributed by atoms with Crippen LogP contribution in [0.5, 0.6) is 5.75 Å². The first-order valence-electron chi connectivity index (χ1n) is 9.25. The Kier molecular flexibility index (Phi) is 4.50. The molecule has 4 aromatic rings. The van der Waals surface area contributed by atoms with Crippen LogP contribution in [0.3, 0.4) is 0 Å². The van der Waals surface area contributed by atoms with Gasteiger partial charge in [-0.3, -0.25) is 0 Å². The Morgan fingerprint density at radius 3 is 2.75 bits per heavy atom. The van der Waals surface area contributed by atoms with E-state index < -0.39 is 0 Å². The molecule has 1 N–H and O–H groups in total. The van der Waals surface area contributed by atoms with Crippen LogP contribution in [0.1, 0.15) is 35.5 Å². The summed E-state index contributed by atoms with van der Waals surface area (Å²) in [5.41, 5.74) is 5.96. The molecule has 1 aromatic carbocycles. The number of anilines is 1. The Morgan fingerprint density at radius 1 is 1.14 bits per heavy atom. The van der Waals surface area contributed by atoms with Crippen molar-refractivity contribution in [1.29, 1.82) is 0 Å². The molecule has 0 aliphatic rings. The zero-order valence-electron chi connectivity index (χ0n) is 16.8. The molecule has 0 saturated heterocycles. The Hall–Kier alpha value is -3.35. The Labute approximate surface area is 164 Å². The summed E-state index contributed by atoms with van der Waals surface area (Å²) in [4.78, 5) is 4.63. The van der Waals surface area contributed by atoms with Gasteiger partial charge in [0.1, 0.15) is 11.6 Å². The maximum absolute atomic E-state index is 5.30. The molecule has 0 bridgehead atoms. The molecule has 3 heterocycles. The fraction of sp³-hybridized carbons (Fsp3) is 0.286. The number of hydrogen-bond acceptors (Lipinski definition) is 5. The van der Waals surface area contributed by atoms with Crippen molar-refractivity contribution in [3.8, 4) is 11.4 Å². The third-order valence-corrected chi connectivity index (χ3v) is 4.97. The van der Waals surface area contributed by atoms with Gasteiger partial charge >= 0.3 is 0 Å². The molecule has 0 fully saturated rings. The number of benzene rings is 1. The summed E-state index contributed by atoms with van der Waals surface area (Å²) in [6.07, 6.45) is 3.90. The third kappa shape index (κ3) is 3.19. The van der Waals surface area contributed by atoms with Crippen molar-refractivity contribution in [2.24, 2.45) is 0 Å². The van der Waals surface area contributed by atoms with Gasteiger partial charge in [0, 0.05) is 35.2 Å². The predicted molar refractivity (Wildman–Crippen MR) is 109 cm³/mol. The fourth-order valence-electron chi connectivity index (χ4n) is 3.21. The van der Waals surface area contributed by atoms with Crippen molar-refractivity contribution in [1.82, 2.24) is 24.4 Å². The quantitative estimate of drug-likeness (QED) is 0.570. The summed E-state index contributed by atoms with van der Waals surface area (Å²) in [6.45, 7) is 8.16. The van der Waals surface area contributed by atoms with E-state index in [1.807, 2.05) is 65.8 Å². The van der Waals surface area contributed by atoms with E-state index >= 15 is 0 Å². The minimum Gasteiger partial charge on any atom is -0.497 e. The second-order valence-corrected chi connectivity index (χ2v) is 7.01. The molecule has 0 radical (unpaired) electrons. The van der Waals surface area contributed by atoms with Crippen LogP contribution >= 0.6 is 0 Å². The third-order valence-electron chi connectivity index (χ3n) is 4.97. The molecule has 1 atom stereocenters. The maximum atomic E-state index is 5.30. The lowest BCUT2D eigenvalue weighted by molar-refractivity contribution is 0.414. The number of rotatable bonds is 5. The van der Waals surface area contributed by atoms with Crippen LogP contribution in [0.4, 0.5) is 5.82 Å². The van der Waals surface area contributed by atoms with Crippen LogP contribution in [-0.2, 0) is 0 Å². The zero-order valence-corrected chi connectivity index (χ0v) is 16.8. The van der Waals surface area contributed by atoms with Gasteiger partial charge in [0.2, 0.25) is 0 Å². The lowest BCUT2D eigenvalue weighted by Crippen LogP contribution is -2.11. The average molecular weight is 376 g/mol. The first-order valence-corrected chi connectivity index (χ1v) is 9.25. The average Bonchev–Trinajstić information content (AvgIpc) is 3.29. The topological polar surface area (TPSA) is 69.3 Å². The molecular weight excluding hydrogens is 352 g/mol. The molecule has 3 aromatic heterocycles. The monoisotopic (exact) mass is 376 g/mol. The van der Waals surface area contributed by atoms with Gasteiger partial charge in [-0.1, -0.05) is 6.07 Å². The molecule has 7 nitrogen and oxygen atoms in total. The molecule has 0 saturated carbocycles. The summed E-state index contributed by atoms with van der Waals surface area (Å²) in [5, 5.41) is 12.7. The molecule has 0 aliphatic heterocycles. The molecular formula is C21H24N6O. The number of aryl methyl sites for hydroxylation is 3. The molecule has 0 aliphatic carbocycles. The molecule has 0 spiro atoms. The Balaban J connectivity index is 1.63. The molecule has 4 rings (SSSR count). The molecule has 7 heteroatoms. The van der Waals surface area contributed by atoms with Crippen LogP contribution in [0.2, 0.25) is 0 Å². The minimum atomic E-state index is 0.0502. The smallest absolute Gasteiger partial charge is 0.160 e. The summed E-state index contributed by atoms with van der Waals surface area (Å²) >= 11 is 0. The Morgan fingerprint density at radius 2 is 1.96 bits per heavy atom. The van der Waals surface area contributed by atoms with Gasteiger partial charge in [0.25, 0.3) is 0 Å². The van der Waals surface area contributed by atoms with Crippen molar-refractivity contribution in [3.63, 3.8) is 0 Å². The van der Waals surface area contributed by atoms with Crippen LogP contribution in [0, 0.1) is 20.8 Å². The second-order valence-electron chi connectivity index (χ2n) is 7.01. The highest BCUT2D eigenvalue weighted by molar-refractivity contribution is 5.56. The summed E-state index contributed by atoms with van der Waals surface area (Å²) < 4.78 is 9.03. The summed E-state index contributed by atoms with van der Waals surface area (Å²) in [6, 6.07) is 9.90. The zero-order chi connectivity index (χ0) is 19.8. The standard InChI is InChI=1S/C21H24N6O/c1-13-9-20(27-21(23-13)14(2)15(3)25-27)24-16(4)17-11-22-26(12-17)18-7-6-8-19(10-18)28-5/h6-12,16,24H,1-5H3. The van der Waals surface area contributed by atoms with Gasteiger partial charge in [0.05, 0.1) is 30.7 Å². The minimum absolute atomic E-state index is 0.0502. The van der Waals surface area contributed by atoms with E-state index in [0.29, 0.717) is 0 Å². The van der Waals surface area contributed by atoms with Crippen molar-refractivity contribution < 1.29 is 4.74 Å². The van der Waals surface area contributed by atoms with Crippen molar-refractivity contribution in [2.75, 3.05) is 12.4 Å². The highest BCUT2D eigenvalue weighted by Crippen LogP contribution is 2.24. The number of fused-ring (bicyclic) bond motifs is 1. The fourth-order valence-corrected chi connectivity index (χ4v) is 3.21. The van der Waals surface area contributed by atoms with Gasteiger partial charge in [-0.15, -0.1) is 0 Å². The van der Waals surface area contributed by atoms with E-state index in [2.05, 4.69) is 34.3 Å². The SMILES string of the molecule is COc1cccc(-n2cc(C(C)Nc3cc(C)nc4c(C)c(C)nn34)cn2)c1. The van der Waals surface area contributed by atoms with E-state index in [-0.39, 0.29) is 6.04 Å². The normalized spacial score (nSPS) is 12.3. The van der Waals surface area contributed by atoms with E-state index in [0.717, 1.165) is 45.4 Å². The summed E-state index contributed by atoms with van der Waals surface area (Å²) in [5.74, 6) is 1.72. The number of hydrogen-bond donors (Lipinski definition) is 1. The first kappa shape index (κ1) is 18.0. The van der Waals surface area contributed by atoms with E-state index in [1.54, 1.807) is 7.11 Å². The van der Waals surface area contributed by atoms with Crippen molar-refractivity contribution in [3.05, 3.63) is 65.2 Å². The van der Waals surface area contributed by atoms with Crippen LogP contribution in [0.25, 0.3) is 11.3 Å². The van der Waals surface area contributed by atoms with Crippen LogP contribution in [-0.4, -0.2) is 31.5 Å². The molecule has 28 heavy (non-hydrogen) atoms. The maximum Gasteiger partial charge on any atom is 0.160 e. The lowest BCUT2D eigenvalue weighted by Gasteiger charge is -2.15. The Bertz CT molecular complexity index is 1140. The molecule has 0 amide bonds. The van der Waals surface area contributed by atoms with E-state index in [9.17, 15) is 0 Å². The second kappa shape index (κ2) is 6.99. The van der Waals surface area contributed by atoms with Gasteiger partial charge in [0.15, 0.2) is 5.65 Å². The molecule has 144 valence electrons. The van der Waals surface area contributed by atoms with Gasteiger partial charge in [-0.05, 0) is 39.8 Å². The van der Waals surface area contributed by atoms with E-state index in [1.165, 1.54) is 0 Å². The summed E-state index contributed by atoms with van der Waals surface area (Å²) in [7, 11) is 1.66. The van der Waals surface area contributed by atoms with Gasteiger partial charge in [-0.2, -0.15) is 14.7 Å². The predicted octanol–water partition coefficient (Wildman–Crippen LogP) is 4.02. The highest BCUT2D eigenvalue weighted by Gasteiger charge is 2.15. The number of nitrogens with zero attached hydrogens (tertiary/aromatic N) is 5. The number of aromatic nitrogens is 5. The van der Waals surface area contributed by atoms with Crippen LogP contribution in [0.15, 0.2) is 42.7 Å². The van der Waals surface area contributed by atoms with E-state index in [4.69, 9.17) is 4.74 Å². The number of ether oxygens (including phenoxy) is 1. The van der Waals surface area contributed by atoms with Crippen LogP contribution < -0.4 is 10.1 Å². The largest absolute Gasteiger partial charge is 0.497 e. The molecule has 1 unspecified atom stereocenters. The van der Waals surface area contributed by atoms with Crippen molar-refractivity contribution in [2.45, 2.75) is 33.7 Å². The number of nitrogens with one attached hydrogen (secondary N) is 1. The highest BCUT2D eigenvalue weighted by atomic mass is 16.5. The van der Waals surface area contributed by atoms with Crippen molar-refractivity contribution >= 4 is 11.5 Å². The van der Waals surface area contributed by atoms with Gasteiger partial charge < -0.3 is 10.1 Å². The van der Waals surface area contributed by atoms with Gasteiger partial charge in [-0.25, -0.2) is 9.67 Å².